The molecule has 162 valence electrons. The highest BCUT2D eigenvalue weighted by atomic mass is 16.5. The minimum absolute atomic E-state index is 0.0738. The largest absolute Gasteiger partial charge is 0.496 e. The number of nitrogens with zero attached hydrogens (tertiary/aromatic N) is 2. The van der Waals surface area contributed by atoms with E-state index in [1.807, 2.05) is 49.9 Å². The lowest BCUT2D eigenvalue weighted by atomic mass is 10.1. The van der Waals surface area contributed by atoms with Crippen LogP contribution in [-0.4, -0.2) is 50.6 Å². The van der Waals surface area contributed by atoms with E-state index in [1.165, 1.54) is 5.56 Å². The first-order valence-corrected chi connectivity index (χ1v) is 10.5. The number of guanidine groups is 1. The van der Waals surface area contributed by atoms with Gasteiger partial charge in [-0.2, -0.15) is 0 Å². The lowest BCUT2D eigenvalue weighted by molar-refractivity contribution is 0.0773. The summed E-state index contributed by atoms with van der Waals surface area (Å²) in [6.07, 6.45) is 0.875. The molecule has 2 N–H and O–H groups in total. The van der Waals surface area contributed by atoms with Gasteiger partial charge in [0.1, 0.15) is 5.75 Å². The number of hydrogen-bond donors (Lipinski definition) is 2. The summed E-state index contributed by atoms with van der Waals surface area (Å²) >= 11 is 0. The lowest BCUT2D eigenvalue weighted by Crippen LogP contribution is -2.37. The first kappa shape index (κ1) is 23.3. The van der Waals surface area contributed by atoms with Gasteiger partial charge in [0.25, 0.3) is 5.91 Å². The van der Waals surface area contributed by atoms with Gasteiger partial charge >= 0.3 is 0 Å². The highest BCUT2D eigenvalue weighted by Crippen LogP contribution is 2.19. The normalized spacial score (nSPS) is 11.2. The zero-order valence-electron chi connectivity index (χ0n) is 18.8. The number of methoxy groups -OCH3 is 1. The second-order valence-electron chi connectivity index (χ2n) is 7.08. The molecule has 30 heavy (non-hydrogen) atoms. The van der Waals surface area contributed by atoms with Crippen LogP contribution in [0.25, 0.3) is 0 Å². The quantitative estimate of drug-likeness (QED) is 0.491. The van der Waals surface area contributed by atoms with Crippen molar-refractivity contribution in [3.63, 3.8) is 0 Å². The molecule has 2 rings (SSSR count). The molecule has 0 radical (unpaired) electrons. The second kappa shape index (κ2) is 11.9. The number of aliphatic imine (C=N–C) groups is 1. The van der Waals surface area contributed by atoms with Crippen molar-refractivity contribution in [2.24, 2.45) is 4.99 Å². The monoisotopic (exact) mass is 410 g/mol. The highest BCUT2D eigenvalue weighted by molar-refractivity contribution is 5.94. The predicted molar refractivity (Wildman–Crippen MR) is 123 cm³/mol. The van der Waals surface area contributed by atoms with Crippen LogP contribution in [0.5, 0.6) is 5.75 Å². The molecule has 6 heteroatoms. The molecule has 0 aromatic heterocycles. The van der Waals surface area contributed by atoms with Crippen molar-refractivity contribution in [2.45, 2.75) is 33.7 Å². The fraction of sp³-hybridized carbons (Fsp3) is 0.417. The first-order valence-electron chi connectivity index (χ1n) is 10.5. The fourth-order valence-electron chi connectivity index (χ4n) is 3.21. The molecule has 2 aromatic carbocycles. The molecule has 0 aliphatic rings. The Morgan fingerprint density at radius 2 is 1.70 bits per heavy atom. The molecule has 0 heterocycles. The number of amides is 1. The molecule has 0 spiro atoms. The summed E-state index contributed by atoms with van der Waals surface area (Å²) in [4.78, 5) is 18.5. The maximum absolute atomic E-state index is 12.4. The summed E-state index contributed by atoms with van der Waals surface area (Å²) in [5, 5.41) is 6.65. The van der Waals surface area contributed by atoms with Gasteiger partial charge in [0.05, 0.1) is 7.11 Å². The number of rotatable bonds is 9. The van der Waals surface area contributed by atoms with E-state index >= 15 is 0 Å². The molecule has 1 amide bonds. The van der Waals surface area contributed by atoms with Crippen LogP contribution in [0.1, 0.15) is 40.9 Å². The Balaban J connectivity index is 1.83. The van der Waals surface area contributed by atoms with Crippen molar-refractivity contribution in [2.75, 3.05) is 33.8 Å². The topological polar surface area (TPSA) is 66.0 Å². The number of carbonyl (C=O) groups excluding carboxylic acids is 1. The maximum Gasteiger partial charge on any atom is 0.253 e. The van der Waals surface area contributed by atoms with Crippen LogP contribution in [0, 0.1) is 6.92 Å². The SMILES string of the molecule is CCN(CC)C(=O)c1ccc(CNC(=NC)NCCc2ccc(C)c(OC)c2)cc1. The molecule has 6 nitrogen and oxygen atoms in total. The van der Waals surface area contributed by atoms with E-state index in [2.05, 4.69) is 33.8 Å². The van der Waals surface area contributed by atoms with E-state index in [4.69, 9.17) is 4.74 Å². The Kier molecular flexibility index (Phi) is 9.19. The zero-order valence-corrected chi connectivity index (χ0v) is 18.8. The number of hydrogen-bond acceptors (Lipinski definition) is 3. The van der Waals surface area contributed by atoms with E-state index in [0.29, 0.717) is 6.54 Å². The molecule has 0 fully saturated rings. The van der Waals surface area contributed by atoms with Gasteiger partial charge in [-0.25, -0.2) is 0 Å². The second-order valence-corrected chi connectivity index (χ2v) is 7.08. The van der Waals surface area contributed by atoms with Crippen molar-refractivity contribution >= 4 is 11.9 Å². The molecule has 0 aliphatic heterocycles. The van der Waals surface area contributed by atoms with Crippen molar-refractivity contribution in [3.8, 4) is 5.75 Å². The molecular weight excluding hydrogens is 376 g/mol. The van der Waals surface area contributed by atoms with Gasteiger partial charge in [-0.3, -0.25) is 9.79 Å². The van der Waals surface area contributed by atoms with Gasteiger partial charge in [-0.15, -0.1) is 0 Å². The van der Waals surface area contributed by atoms with Gasteiger partial charge < -0.3 is 20.3 Å². The zero-order chi connectivity index (χ0) is 21.9. The Labute approximate surface area is 180 Å². The summed E-state index contributed by atoms with van der Waals surface area (Å²) in [6.45, 7) is 8.87. The third kappa shape index (κ3) is 6.51. The fourth-order valence-corrected chi connectivity index (χ4v) is 3.21. The minimum Gasteiger partial charge on any atom is -0.496 e. The van der Waals surface area contributed by atoms with Gasteiger partial charge in [0, 0.05) is 38.8 Å². The molecule has 2 aromatic rings. The Morgan fingerprint density at radius 3 is 2.30 bits per heavy atom. The van der Waals surface area contributed by atoms with Crippen molar-refractivity contribution < 1.29 is 9.53 Å². The standard InChI is InChI=1S/C24H34N4O2/c1-6-28(7-2)23(29)21-12-10-20(11-13-21)17-27-24(25-4)26-15-14-19-9-8-18(3)22(16-19)30-5/h8-13,16H,6-7,14-15,17H2,1-5H3,(H2,25,26,27). The van der Waals surface area contributed by atoms with E-state index in [0.717, 1.165) is 54.5 Å². The molecule has 0 atom stereocenters. The number of nitrogens with one attached hydrogen (secondary N) is 2. The van der Waals surface area contributed by atoms with E-state index in [-0.39, 0.29) is 5.91 Å². The van der Waals surface area contributed by atoms with Crippen LogP contribution in [0.3, 0.4) is 0 Å². The van der Waals surface area contributed by atoms with Gasteiger partial charge in [-0.1, -0.05) is 24.3 Å². The lowest BCUT2D eigenvalue weighted by Gasteiger charge is -2.18. The van der Waals surface area contributed by atoms with Crippen LogP contribution in [0.2, 0.25) is 0 Å². The van der Waals surface area contributed by atoms with Crippen molar-refractivity contribution in [3.05, 3.63) is 64.7 Å². The average Bonchev–Trinajstić information content (AvgIpc) is 2.78. The van der Waals surface area contributed by atoms with Gasteiger partial charge in [-0.05, 0) is 62.1 Å². The number of carbonyl (C=O) groups is 1. The maximum atomic E-state index is 12.4. The molecule has 0 saturated carbocycles. The Morgan fingerprint density at radius 1 is 1.03 bits per heavy atom. The summed E-state index contributed by atoms with van der Waals surface area (Å²) in [5.74, 6) is 1.74. The van der Waals surface area contributed by atoms with Gasteiger partial charge in [0.15, 0.2) is 5.96 Å². The van der Waals surface area contributed by atoms with Crippen LogP contribution in [-0.2, 0) is 13.0 Å². The third-order valence-electron chi connectivity index (χ3n) is 5.11. The van der Waals surface area contributed by atoms with Crippen LogP contribution < -0.4 is 15.4 Å². The Hall–Kier alpha value is -3.02. The molecule has 0 unspecified atom stereocenters. The van der Waals surface area contributed by atoms with E-state index in [9.17, 15) is 4.79 Å². The summed E-state index contributed by atoms with van der Waals surface area (Å²) in [7, 11) is 3.46. The van der Waals surface area contributed by atoms with Gasteiger partial charge in [0.2, 0.25) is 0 Å². The van der Waals surface area contributed by atoms with Crippen molar-refractivity contribution in [1.82, 2.24) is 15.5 Å². The number of benzene rings is 2. The summed E-state index contributed by atoms with van der Waals surface area (Å²) in [5.41, 5.74) is 4.17. The van der Waals surface area contributed by atoms with Crippen LogP contribution in [0.4, 0.5) is 0 Å². The van der Waals surface area contributed by atoms with Crippen molar-refractivity contribution in [1.29, 1.82) is 0 Å². The molecule has 0 bridgehead atoms. The smallest absolute Gasteiger partial charge is 0.253 e. The number of ether oxygens (including phenoxy) is 1. The highest BCUT2D eigenvalue weighted by Gasteiger charge is 2.11. The predicted octanol–water partition coefficient (Wildman–Crippen LogP) is 3.39. The number of aryl methyl sites for hydroxylation is 1. The molecular formula is C24H34N4O2. The minimum atomic E-state index is 0.0738. The third-order valence-corrected chi connectivity index (χ3v) is 5.11. The Bertz CT molecular complexity index is 843. The van der Waals surface area contributed by atoms with E-state index in [1.54, 1.807) is 14.2 Å². The van der Waals surface area contributed by atoms with Crippen LogP contribution in [0.15, 0.2) is 47.5 Å². The molecule has 0 saturated heterocycles. The molecule has 0 aliphatic carbocycles. The summed E-state index contributed by atoms with van der Waals surface area (Å²) < 4.78 is 5.39. The first-order chi connectivity index (χ1) is 14.5. The summed E-state index contributed by atoms with van der Waals surface area (Å²) in [6, 6.07) is 14.0. The van der Waals surface area contributed by atoms with Crippen LogP contribution >= 0.6 is 0 Å². The van der Waals surface area contributed by atoms with E-state index < -0.39 is 0 Å². The average molecular weight is 411 g/mol.